The van der Waals surface area contributed by atoms with E-state index in [2.05, 4.69) is 11.9 Å². The first-order valence-electron chi connectivity index (χ1n) is 6.41. The van der Waals surface area contributed by atoms with Crippen molar-refractivity contribution in [3.05, 3.63) is 42.5 Å². The van der Waals surface area contributed by atoms with Crippen molar-refractivity contribution in [1.82, 2.24) is 4.90 Å². The summed E-state index contributed by atoms with van der Waals surface area (Å²) in [7, 11) is 0. The van der Waals surface area contributed by atoms with Crippen LogP contribution in [0.3, 0.4) is 0 Å². The van der Waals surface area contributed by atoms with Crippen molar-refractivity contribution in [3.8, 4) is 0 Å². The van der Waals surface area contributed by atoms with Gasteiger partial charge in [-0.1, -0.05) is 18.2 Å². The highest BCUT2D eigenvalue weighted by atomic mass is 16.3. The number of ketones is 1. The third-order valence-corrected chi connectivity index (χ3v) is 2.72. The van der Waals surface area contributed by atoms with Crippen molar-refractivity contribution in [2.24, 2.45) is 0 Å². The maximum absolute atomic E-state index is 11.9. The van der Waals surface area contributed by atoms with E-state index in [1.807, 2.05) is 0 Å². The summed E-state index contributed by atoms with van der Waals surface area (Å²) in [4.78, 5) is 24.9. The molecule has 0 saturated heterocycles. The van der Waals surface area contributed by atoms with Gasteiger partial charge in [0.1, 0.15) is 0 Å². The summed E-state index contributed by atoms with van der Waals surface area (Å²) in [5.74, 6) is -0.240. The zero-order chi connectivity index (χ0) is 15.0. The van der Waals surface area contributed by atoms with Gasteiger partial charge in [0.15, 0.2) is 5.78 Å². The molecule has 1 amide bonds. The Bertz CT molecular complexity index is 486. The van der Waals surface area contributed by atoms with Gasteiger partial charge in [-0.25, -0.2) is 0 Å². The lowest BCUT2D eigenvalue weighted by Gasteiger charge is -2.18. The van der Waals surface area contributed by atoms with E-state index in [4.69, 9.17) is 5.11 Å². The molecule has 0 fully saturated rings. The number of carbonyl (C=O) groups is 2. The van der Waals surface area contributed by atoms with Gasteiger partial charge in [0.2, 0.25) is 5.91 Å². The van der Waals surface area contributed by atoms with Gasteiger partial charge in [-0.15, -0.1) is 6.58 Å². The molecule has 0 heterocycles. The highest BCUT2D eigenvalue weighted by Gasteiger charge is 2.10. The Hall–Kier alpha value is -1.98. The van der Waals surface area contributed by atoms with Crippen LogP contribution in [0.25, 0.3) is 0 Å². The molecular weight excluding hydrogens is 256 g/mol. The molecule has 0 atom stereocenters. The number of carbonyl (C=O) groups excluding carboxylic acids is 2. The normalized spacial score (nSPS) is 10.3. The number of hydrogen-bond acceptors (Lipinski definition) is 4. The third kappa shape index (κ3) is 5.34. The molecule has 0 bridgehead atoms. The summed E-state index contributed by atoms with van der Waals surface area (Å²) < 4.78 is 0. The molecule has 0 aliphatic rings. The maximum atomic E-state index is 11.9. The standard InChI is InChI=1S/C15H20N2O3/c1-3-7-17(8-9-18)11-15(20)16-14-6-4-5-13(10-14)12(2)19/h3-6,10,18H,1,7-9,11H2,2H3,(H,16,20). The topological polar surface area (TPSA) is 69.6 Å². The molecule has 0 aromatic heterocycles. The Kier molecular flexibility index (Phi) is 6.63. The lowest BCUT2D eigenvalue weighted by molar-refractivity contribution is -0.117. The zero-order valence-electron chi connectivity index (χ0n) is 11.6. The second-order valence-corrected chi connectivity index (χ2v) is 4.43. The highest BCUT2D eigenvalue weighted by Crippen LogP contribution is 2.11. The number of rotatable bonds is 8. The van der Waals surface area contributed by atoms with Crippen LogP contribution in [0, 0.1) is 0 Å². The van der Waals surface area contributed by atoms with Gasteiger partial charge in [-0.3, -0.25) is 14.5 Å². The molecule has 0 aliphatic carbocycles. The summed E-state index contributed by atoms with van der Waals surface area (Å²) in [6.07, 6.45) is 1.68. The van der Waals surface area contributed by atoms with E-state index >= 15 is 0 Å². The fraction of sp³-hybridized carbons (Fsp3) is 0.333. The Labute approximate surface area is 118 Å². The van der Waals surface area contributed by atoms with Gasteiger partial charge in [0.25, 0.3) is 0 Å². The Morgan fingerprint density at radius 1 is 1.45 bits per heavy atom. The second kappa shape index (κ2) is 8.24. The van der Waals surface area contributed by atoms with Gasteiger partial charge in [0.05, 0.1) is 13.2 Å². The van der Waals surface area contributed by atoms with Gasteiger partial charge in [0, 0.05) is 24.3 Å². The minimum Gasteiger partial charge on any atom is -0.395 e. The van der Waals surface area contributed by atoms with Gasteiger partial charge in [-0.05, 0) is 19.1 Å². The van der Waals surface area contributed by atoms with Crippen LogP contribution in [-0.2, 0) is 4.79 Å². The first-order chi connectivity index (χ1) is 9.56. The Morgan fingerprint density at radius 2 is 2.20 bits per heavy atom. The SMILES string of the molecule is C=CCN(CCO)CC(=O)Nc1cccc(C(C)=O)c1. The van der Waals surface area contributed by atoms with Crippen molar-refractivity contribution in [3.63, 3.8) is 0 Å². The van der Waals surface area contributed by atoms with Crippen LogP contribution in [0.5, 0.6) is 0 Å². The predicted octanol–water partition coefficient (Wildman–Crippen LogP) is 1.31. The minimum absolute atomic E-state index is 0.0130. The van der Waals surface area contributed by atoms with Crippen LogP contribution in [0.4, 0.5) is 5.69 Å². The summed E-state index contributed by atoms with van der Waals surface area (Å²) in [5, 5.41) is 11.7. The van der Waals surface area contributed by atoms with Crippen LogP contribution in [-0.4, -0.2) is 47.9 Å². The fourth-order valence-electron chi connectivity index (χ4n) is 1.78. The molecule has 2 N–H and O–H groups in total. The number of nitrogens with zero attached hydrogens (tertiary/aromatic N) is 1. The summed E-state index contributed by atoms with van der Waals surface area (Å²) in [6, 6.07) is 6.80. The molecule has 0 saturated carbocycles. The first kappa shape index (κ1) is 16.1. The van der Waals surface area contributed by atoms with Crippen LogP contribution in [0.1, 0.15) is 17.3 Å². The van der Waals surface area contributed by atoms with E-state index in [9.17, 15) is 9.59 Å². The number of benzene rings is 1. The molecular formula is C15H20N2O3. The average Bonchev–Trinajstić information content (AvgIpc) is 2.39. The molecule has 1 rings (SSSR count). The third-order valence-electron chi connectivity index (χ3n) is 2.72. The largest absolute Gasteiger partial charge is 0.395 e. The number of amides is 1. The predicted molar refractivity (Wildman–Crippen MR) is 78.8 cm³/mol. The van der Waals surface area contributed by atoms with E-state index in [1.54, 1.807) is 35.2 Å². The molecule has 108 valence electrons. The minimum atomic E-state index is -0.194. The number of hydrogen-bond donors (Lipinski definition) is 2. The van der Waals surface area contributed by atoms with Gasteiger partial charge < -0.3 is 10.4 Å². The monoisotopic (exact) mass is 276 g/mol. The second-order valence-electron chi connectivity index (χ2n) is 4.43. The van der Waals surface area contributed by atoms with E-state index < -0.39 is 0 Å². The molecule has 5 nitrogen and oxygen atoms in total. The van der Waals surface area contributed by atoms with Crippen LogP contribution in [0.15, 0.2) is 36.9 Å². The Morgan fingerprint density at radius 3 is 2.80 bits per heavy atom. The van der Waals surface area contributed by atoms with Crippen molar-refractivity contribution in [2.75, 3.05) is 31.6 Å². The lowest BCUT2D eigenvalue weighted by atomic mass is 10.1. The van der Waals surface area contributed by atoms with Crippen molar-refractivity contribution >= 4 is 17.4 Å². The Balaban J connectivity index is 2.63. The fourth-order valence-corrected chi connectivity index (χ4v) is 1.78. The van der Waals surface area contributed by atoms with E-state index in [-0.39, 0.29) is 24.8 Å². The van der Waals surface area contributed by atoms with E-state index in [1.165, 1.54) is 6.92 Å². The summed E-state index contributed by atoms with van der Waals surface area (Å²) in [6.45, 7) is 6.18. The van der Waals surface area contributed by atoms with E-state index in [0.717, 1.165) is 0 Å². The molecule has 1 aromatic carbocycles. The number of aliphatic hydroxyl groups excluding tert-OH is 1. The molecule has 0 spiro atoms. The molecule has 0 aliphatic heterocycles. The summed E-state index contributed by atoms with van der Waals surface area (Å²) in [5.41, 5.74) is 1.14. The quantitative estimate of drug-likeness (QED) is 0.555. The van der Waals surface area contributed by atoms with Gasteiger partial charge >= 0.3 is 0 Å². The van der Waals surface area contributed by atoms with Crippen molar-refractivity contribution < 1.29 is 14.7 Å². The number of aliphatic hydroxyl groups is 1. The first-order valence-corrected chi connectivity index (χ1v) is 6.41. The molecule has 0 radical (unpaired) electrons. The van der Waals surface area contributed by atoms with E-state index in [0.29, 0.717) is 24.3 Å². The number of Topliss-reactive ketones (excluding diaryl/α,β-unsaturated/α-hetero) is 1. The lowest BCUT2D eigenvalue weighted by Crippen LogP contribution is -2.35. The molecule has 20 heavy (non-hydrogen) atoms. The van der Waals surface area contributed by atoms with Crippen molar-refractivity contribution in [1.29, 1.82) is 0 Å². The van der Waals surface area contributed by atoms with Crippen LogP contribution in [0.2, 0.25) is 0 Å². The van der Waals surface area contributed by atoms with Crippen LogP contribution < -0.4 is 5.32 Å². The molecule has 5 heteroatoms. The maximum Gasteiger partial charge on any atom is 0.238 e. The summed E-state index contributed by atoms with van der Waals surface area (Å²) >= 11 is 0. The molecule has 0 unspecified atom stereocenters. The zero-order valence-corrected chi connectivity index (χ0v) is 11.6. The van der Waals surface area contributed by atoms with Crippen LogP contribution >= 0.6 is 0 Å². The van der Waals surface area contributed by atoms with Crippen molar-refractivity contribution in [2.45, 2.75) is 6.92 Å². The average molecular weight is 276 g/mol. The highest BCUT2D eigenvalue weighted by molar-refractivity contribution is 5.97. The number of nitrogens with one attached hydrogen (secondary N) is 1. The smallest absolute Gasteiger partial charge is 0.238 e. The number of anilines is 1. The molecule has 1 aromatic rings. The van der Waals surface area contributed by atoms with Gasteiger partial charge in [-0.2, -0.15) is 0 Å².